The van der Waals surface area contributed by atoms with E-state index in [9.17, 15) is 4.79 Å². The van der Waals surface area contributed by atoms with Crippen LogP contribution in [0.2, 0.25) is 0 Å². The van der Waals surface area contributed by atoms with Crippen molar-refractivity contribution in [3.8, 4) is 0 Å². The van der Waals surface area contributed by atoms with Crippen LogP contribution in [0.1, 0.15) is 44.6 Å². The van der Waals surface area contributed by atoms with Crippen LogP contribution < -0.4 is 15.5 Å². The molecule has 1 aromatic carbocycles. The number of ether oxygens (including phenoxy) is 1. The number of anilines is 2. The molecule has 2 aliphatic rings. The van der Waals surface area contributed by atoms with Gasteiger partial charge < -0.3 is 20.3 Å². The van der Waals surface area contributed by atoms with Crippen LogP contribution in [0.15, 0.2) is 18.2 Å². The number of piperazine rings is 1. The SMILES string of the molecule is CC(C)c1ccc(NC(=O)C2CCCOCC2)c(N2CCNCC2)c1. The van der Waals surface area contributed by atoms with Gasteiger partial charge in [-0.1, -0.05) is 19.9 Å². The highest BCUT2D eigenvalue weighted by Gasteiger charge is 2.23. The highest BCUT2D eigenvalue weighted by Crippen LogP contribution is 2.31. The van der Waals surface area contributed by atoms with Crippen molar-refractivity contribution in [1.82, 2.24) is 5.32 Å². The normalized spacial score (nSPS) is 21.9. The highest BCUT2D eigenvalue weighted by molar-refractivity contribution is 5.96. The third kappa shape index (κ3) is 4.73. The van der Waals surface area contributed by atoms with Gasteiger partial charge in [0.2, 0.25) is 5.91 Å². The summed E-state index contributed by atoms with van der Waals surface area (Å²) in [7, 11) is 0. The van der Waals surface area contributed by atoms with E-state index in [1.54, 1.807) is 0 Å². The van der Waals surface area contributed by atoms with Gasteiger partial charge in [0, 0.05) is 45.3 Å². The average Bonchev–Trinajstić information content (AvgIpc) is 2.92. The molecule has 0 aliphatic carbocycles. The lowest BCUT2D eigenvalue weighted by molar-refractivity contribution is -0.120. The second-order valence-corrected chi connectivity index (χ2v) is 7.40. The maximum Gasteiger partial charge on any atom is 0.227 e. The van der Waals surface area contributed by atoms with Crippen LogP contribution in [0.3, 0.4) is 0 Å². The van der Waals surface area contributed by atoms with Crippen LogP contribution >= 0.6 is 0 Å². The number of amides is 1. The van der Waals surface area contributed by atoms with Crippen molar-refractivity contribution < 1.29 is 9.53 Å². The number of carbonyl (C=O) groups is 1. The molecule has 0 bridgehead atoms. The van der Waals surface area contributed by atoms with E-state index >= 15 is 0 Å². The van der Waals surface area contributed by atoms with Gasteiger partial charge in [-0.15, -0.1) is 0 Å². The molecule has 1 aromatic rings. The molecule has 1 atom stereocenters. The lowest BCUT2D eigenvalue weighted by Gasteiger charge is -2.32. The standard InChI is InChI=1S/C20H31N3O2/c1-15(2)17-5-6-18(19(14-17)23-10-8-21-9-11-23)22-20(24)16-4-3-12-25-13-7-16/h5-6,14-16,21H,3-4,7-13H2,1-2H3,(H,22,24). The minimum absolute atomic E-state index is 0.0585. The van der Waals surface area contributed by atoms with E-state index < -0.39 is 0 Å². The van der Waals surface area contributed by atoms with Gasteiger partial charge >= 0.3 is 0 Å². The first-order valence-electron chi connectivity index (χ1n) is 9.63. The molecule has 0 saturated carbocycles. The van der Waals surface area contributed by atoms with E-state index in [1.807, 2.05) is 0 Å². The van der Waals surface area contributed by atoms with Crippen LogP contribution in [0, 0.1) is 5.92 Å². The summed E-state index contributed by atoms with van der Waals surface area (Å²) in [5.74, 6) is 0.674. The molecule has 3 rings (SSSR count). The highest BCUT2D eigenvalue weighted by atomic mass is 16.5. The maximum atomic E-state index is 12.8. The Morgan fingerprint density at radius 2 is 2.04 bits per heavy atom. The average molecular weight is 345 g/mol. The predicted molar refractivity (Wildman–Crippen MR) is 102 cm³/mol. The first-order chi connectivity index (χ1) is 12.1. The summed E-state index contributed by atoms with van der Waals surface area (Å²) in [5, 5.41) is 6.61. The van der Waals surface area contributed by atoms with Crippen molar-refractivity contribution in [2.45, 2.75) is 39.0 Å². The second kappa shape index (κ2) is 8.68. The number of carbonyl (C=O) groups excluding carboxylic acids is 1. The van der Waals surface area contributed by atoms with Crippen molar-refractivity contribution in [1.29, 1.82) is 0 Å². The molecule has 2 aliphatic heterocycles. The molecule has 25 heavy (non-hydrogen) atoms. The second-order valence-electron chi connectivity index (χ2n) is 7.40. The number of nitrogens with one attached hydrogen (secondary N) is 2. The van der Waals surface area contributed by atoms with E-state index in [1.165, 1.54) is 5.56 Å². The Morgan fingerprint density at radius 1 is 1.24 bits per heavy atom. The molecule has 5 nitrogen and oxygen atoms in total. The van der Waals surface area contributed by atoms with Gasteiger partial charge in [0.05, 0.1) is 11.4 Å². The summed E-state index contributed by atoms with van der Waals surface area (Å²) in [6.07, 6.45) is 2.70. The Labute approximate surface area is 151 Å². The van der Waals surface area contributed by atoms with E-state index in [0.29, 0.717) is 12.5 Å². The molecular weight excluding hydrogens is 314 g/mol. The van der Waals surface area contributed by atoms with Crippen LogP contribution in [-0.2, 0) is 9.53 Å². The van der Waals surface area contributed by atoms with Crippen molar-refractivity contribution in [2.75, 3.05) is 49.6 Å². The Balaban J connectivity index is 1.79. The van der Waals surface area contributed by atoms with Gasteiger partial charge in [0.1, 0.15) is 0 Å². The third-order valence-corrected chi connectivity index (χ3v) is 5.23. The quantitative estimate of drug-likeness (QED) is 0.881. The van der Waals surface area contributed by atoms with E-state index in [2.05, 4.69) is 47.6 Å². The molecule has 1 unspecified atom stereocenters. The fraction of sp³-hybridized carbons (Fsp3) is 0.650. The smallest absolute Gasteiger partial charge is 0.227 e. The lowest BCUT2D eigenvalue weighted by Crippen LogP contribution is -2.44. The van der Waals surface area contributed by atoms with E-state index in [0.717, 1.165) is 63.4 Å². The van der Waals surface area contributed by atoms with Crippen LogP contribution in [0.4, 0.5) is 11.4 Å². The lowest BCUT2D eigenvalue weighted by atomic mass is 9.98. The number of benzene rings is 1. The van der Waals surface area contributed by atoms with Crippen LogP contribution in [0.5, 0.6) is 0 Å². The zero-order valence-electron chi connectivity index (χ0n) is 15.5. The summed E-state index contributed by atoms with van der Waals surface area (Å²) in [4.78, 5) is 15.2. The zero-order chi connectivity index (χ0) is 17.6. The van der Waals surface area contributed by atoms with E-state index in [-0.39, 0.29) is 11.8 Å². The minimum Gasteiger partial charge on any atom is -0.381 e. The monoisotopic (exact) mass is 345 g/mol. The van der Waals surface area contributed by atoms with E-state index in [4.69, 9.17) is 4.74 Å². The Bertz CT molecular complexity index is 574. The largest absolute Gasteiger partial charge is 0.381 e. The number of nitrogens with zero attached hydrogens (tertiary/aromatic N) is 1. The fourth-order valence-corrected chi connectivity index (χ4v) is 3.58. The van der Waals surface area contributed by atoms with Gasteiger partial charge in [0.15, 0.2) is 0 Å². The molecular formula is C20H31N3O2. The fourth-order valence-electron chi connectivity index (χ4n) is 3.58. The van der Waals surface area contributed by atoms with Gasteiger partial charge in [-0.2, -0.15) is 0 Å². The van der Waals surface area contributed by atoms with Crippen molar-refractivity contribution >= 4 is 17.3 Å². The summed E-state index contributed by atoms with van der Waals surface area (Å²) >= 11 is 0. The molecule has 5 heteroatoms. The van der Waals surface area contributed by atoms with Crippen molar-refractivity contribution in [2.24, 2.45) is 5.92 Å². The molecule has 2 N–H and O–H groups in total. The molecule has 0 radical (unpaired) electrons. The Hall–Kier alpha value is -1.59. The topological polar surface area (TPSA) is 53.6 Å². The molecule has 0 aromatic heterocycles. The summed E-state index contributed by atoms with van der Waals surface area (Å²) in [5.41, 5.74) is 3.42. The summed E-state index contributed by atoms with van der Waals surface area (Å²) in [6.45, 7) is 9.80. The van der Waals surface area contributed by atoms with Gasteiger partial charge in [-0.25, -0.2) is 0 Å². The van der Waals surface area contributed by atoms with Crippen LogP contribution in [0.25, 0.3) is 0 Å². The number of rotatable bonds is 4. The third-order valence-electron chi connectivity index (χ3n) is 5.23. The molecule has 0 spiro atoms. The Kier molecular flexibility index (Phi) is 6.32. The first kappa shape index (κ1) is 18.2. The molecule has 2 saturated heterocycles. The van der Waals surface area contributed by atoms with Crippen LogP contribution in [-0.4, -0.2) is 45.3 Å². The zero-order valence-corrected chi connectivity index (χ0v) is 15.5. The number of hydrogen-bond donors (Lipinski definition) is 2. The number of hydrogen-bond acceptors (Lipinski definition) is 4. The van der Waals surface area contributed by atoms with Crippen molar-refractivity contribution in [3.63, 3.8) is 0 Å². The molecule has 2 heterocycles. The maximum absolute atomic E-state index is 12.8. The van der Waals surface area contributed by atoms with Gasteiger partial charge in [-0.3, -0.25) is 4.79 Å². The summed E-state index contributed by atoms with van der Waals surface area (Å²) < 4.78 is 5.49. The predicted octanol–water partition coefficient (Wildman–Crippen LogP) is 2.97. The van der Waals surface area contributed by atoms with Crippen molar-refractivity contribution in [3.05, 3.63) is 23.8 Å². The minimum atomic E-state index is 0.0585. The molecule has 138 valence electrons. The Morgan fingerprint density at radius 3 is 2.80 bits per heavy atom. The molecule has 1 amide bonds. The van der Waals surface area contributed by atoms with Gasteiger partial charge in [-0.05, 0) is 42.9 Å². The summed E-state index contributed by atoms with van der Waals surface area (Å²) in [6, 6.07) is 6.47. The molecule has 2 fully saturated rings. The van der Waals surface area contributed by atoms with Gasteiger partial charge in [0.25, 0.3) is 0 Å². The first-order valence-corrected chi connectivity index (χ1v) is 9.63.